The second kappa shape index (κ2) is 8.19. The number of rotatable bonds is 3. The van der Waals surface area contributed by atoms with Crippen LogP contribution in [0.3, 0.4) is 0 Å². The fourth-order valence-corrected chi connectivity index (χ4v) is 5.86. The van der Waals surface area contributed by atoms with E-state index in [4.69, 9.17) is 4.98 Å². The Hall–Kier alpha value is -5.15. The van der Waals surface area contributed by atoms with Gasteiger partial charge < -0.3 is 4.57 Å². The van der Waals surface area contributed by atoms with Gasteiger partial charge in [0.1, 0.15) is 5.82 Å². The third kappa shape index (κ3) is 3.06. The summed E-state index contributed by atoms with van der Waals surface area (Å²) in [6.07, 6.45) is 2.18. The Bertz CT molecular complexity index is 2120. The van der Waals surface area contributed by atoms with Crippen LogP contribution in [0, 0.1) is 0 Å². The Morgan fingerprint density at radius 2 is 1.26 bits per heavy atom. The maximum Gasteiger partial charge on any atom is 0.138 e. The summed E-state index contributed by atoms with van der Waals surface area (Å²) in [6, 6.07) is 47.1. The lowest BCUT2D eigenvalue weighted by Crippen LogP contribution is -1.99. The highest BCUT2D eigenvalue weighted by atomic mass is 15.1. The van der Waals surface area contributed by atoms with Gasteiger partial charge in [-0.2, -0.15) is 0 Å². The summed E-state index contributed by atoms with van der Waals surface area (Å²) in [6.45, 7) is 0. The zero-order valence-corrected chi connectivity index (χ0v) is 20.6. The van der Waals surface area contributed by atoms with Crippen LogP contribution in [0.15, 0.2) is 140 Å². The summed E-state index contributed by atoms with van der Waals surface area (Å²) in [5, 5.41) is 6.17. The lowest BCUT2D eigenvalue weighted by atomic mass is 10.0. The van der Waals surface area contributed by atoms with Crippen molar-refractivity contribution in [2.45, 2.75) is 0 Å². The van der Waals surface area contributed by atoms with E-state index in [1.54, 1.807) is 0 Å². The van der Waals surface area contributed by atoms with Crippen molar-refractivity contribution in [3.63, 3.8) is 0 Å². The van der Waals surface area contributed by atoms with Crippen molar-refractivity contribution in [2.75, 3.05) is 0 Å². The van der Waals surface area contributed by atoms with Crippen molar-refractivity contribution >= 4 is 43.5 Å². The molecular weight excluding hydrogens is 462 g/mol. The minimum Gasteiger partial charge on any atom is -0.317 e. The molecule has 5 aromatic carbocycles. The first-order chi connectivity index (χ1) is 18.9. The largest absolute Gasteiger partial charge is 0.317 e. The van der Waals surface area contributed by atoms with Gasteiger partial charge in [0.05, 0.1) is 22.2 Å². The van der Waals surface area contributed by atoms with Crippen LogP contribution in [-0.2, 0) is 0 Å². The lowest BCUT2D eigenvalue weighted by Gasteiger charge is -2.12. The monoisotopic (exact) mass is 485 g/mol. The quantitative estimate of drug-likeness (QED) is 0.245. The highest BCUT2D eigenvalue weighted by Gasteiger charge is 2.18. The van der Waals surface area contributed by atoms with Crippen LogP contribution in [0.25, 0.3) is 66.2 Å². The maximum atomic E-state index is 5.18. The van der Waals surface area contributed by atoms with E-state index < -0.39 is 0 Å². The first-order valence-electron chi connectivity index (χ1n) is 12.9. The molecule has 0 fully saturated rings. The second-order valence-electron chi connectivity index (χ2n) is 9.68. The molecule has 38 heavy (non-hydrogen) atoms. The van der Waals surface area contributed by atoms with Crippen LogP contribution in [-0.4, -0.2) is 14.1 Å². The number of fused-ring (bicyclic) bond motifs is 7. The van der Waals surface area contributed by atoms with Crippen LogP contribution in [0.5, 0.6) is 0 Å². The molecule has 3 aromatic heterocycles. The highest BCUT2D eigenvalue weighted by Crippen LogP contribution is 2.40. The van der Waals surface area contributed by atoms with Crippen molar-refractivity contribution < 1.29 is 0 Å². The minimum absolute atomic E-state index is 0.921. The molecule has 3 heterocycles. The number of hydrogen-bond donors (Lipinski definition) is 0. The Kier molecular flexibility index (Phi) is 4.52. The van der Waals surface area contributed by atoms with Crippen LogP contribution < -0.4 is 0 Å². The molecule has 0 N–H and O–H groups in total. The SMILES string of the molecule is c1ccc(-c2cccc(-n3c4ccccc4c4ccc5ccc6c(ccn6-c6ccccc6)c5c43)n2)cc1. The van der Waals surface area contributed by atoms with E-state index in [0.717, 1.165) is 28.3 Å². The van der Waals surface area contributed by atoms with Gasteiger partial charge in [-0.1, -0.05) is 91.0 Å². The molecule has 3 heteroatoms. The average molecular weight is 486 g/mol. The number of pyridine rings is 1. The van der Waals surface area contributed by atoms with Crippen LogP contribution in [0.1, 0.15) is 0 Å². The molecule has 8 aromatic rings. The van der Waals surface area contributed by atoms with Crippen LogP contribution >= 0.6 is 0 Å². The molecule has 0 aliphatic carbocycles. The first-order valence-corrected chi connectivity index (χ1v) is 12.9. The second-order valence-corrected chi connectivity index (χ2v) is 9.68. The molecule has 0 aliphatic heterocycles. The zero-order valence-electron chi connectivity index (χ0n) is 20.6. The molecule has 178 valence electrons. The molecule has 0 saturated heterocycles. The summed E-state index contributed by atoms with van der Waals surface area (Å²) in [4.78, 5) is 5.18. The van der Waals surface area contributed by atoms with E-state index in [1.165, 1.54) is 38.0 Å². The van der Waals surface area contributed by atoms with Crippen molar-refractivity contribution in [2.24, 2.45) is 0 Å². The number of hydrogen-bond acceptors (Lipinski definition) is 1. The van der Waals surface area contributed by atoms with Gasteiger partial charge in [-0.3, -0.25) is 4.57 Å². The van der Waals surface area contributed by atoms with Gasteiger partial charge in [0.2, 0.25) is 0 Å². The normalized spacial score (nSPS) is 11.7. The van der Waals surface area contributed by atoms with Crippen molar-refractivity contribution in [3.8, 4) is 22.8 Å². The van der Waals surface area contributed by atoms with Gasteiger partial charge in [0, 0.05) is 39.0 Å². The number of nitrogens with zero attached hydrogens (tertiary/aromatic N) is 3. The number of para-hydroxylation sites is 2. The molecule has 0 saturated carbocycles. The molecule has 0 radical (unpaired) electrons. The van der Waals surface area contributed by atoms with Gasteiger partial charge in [0.25, 0.3) is 0 Å². The molecule has 0 spiro atoms. The van der Waals surface area contributed by atoms with E-state index in [2.05, 4.69) is 143 Å². The van der Waals surface area contributed by atoms with E-state index in [0.29, 0.717) is 0 Å². The topological polar surface area (TPSA) is 22.8 Å². The van der Waals surface area contributed by atoms with E-state index in [-0.39, 0.29) is 0 Å². The van der Waals surface area contributed by atoms with Crippen molar-refractivity contribution in [1.82, 2.24) is 14.1 Å². The van der Waals surface area contributed by atoms with Crippen LogP contribution in [0.4, 0.5) is 0 Å². The molecule has 0 bridgehead atoms. The van der Waals surface area contributed by atoms with E-state index in [9.17, 15) is 0 Å². The van der Waals surface area contributed by atoms with E-state index >= 15 is 0 Å². The van der Waals surface area contributed by atoms with E-state index in [1.807, 2.05) is 6.07 Å². The standard InChI is InChI=1S/C35H23N3/c1-3-10-24(11-4-1)30-15-9-17-33(36-30)38-32-16-8-7-14-27(32)28-20-18-25-19-21-31-29(34(25)35(28)38)22-23-37(31)26-12-5-2-6-13-26/h1-23H. The van der Waals surface area contributed by atoms with Gasteiger partial charge in [-0.05, 0) is 47.9 Å². The Labute approximate surface area is 219 Å². The third-order valence-corrected chi connectivity index (χ3v) is 7.55. The fraction of sp³-hybridized carbons (Fsp3) is 0. The average Bonchev–Trinajstić information content (AvgIpc) is 3.58. The third-order valence-electron chi connectivity index (χ3n) is 7.55. The van der Waals surface area contributed by atoms with Gasteiger partial charge in [-0.15, -0.1) is 0 Å². The smallest absolute Gasteiger partial charge is 0.138 e. The molecule has 0 amide bonds. The number of aromatic nitrogens is 3. The van der Waals surface area contributed by atoms with Gasteiger partial charge in [-0.25, -0.2) is 4.98 Å². The van der Waals surface area contributed by atoms with Crippen LogP contribution in [0.2, 0.25) is 0 Å². The minimum atomic E-state index is 0.921. The lowest BCUT2D eigenvalue weighted by molar-refractivity contribution is 1.09. The van der Waals surface area contributed by atoms with Gasteiger partial charge in [0.15, 0.2) is 0 Å². The van der Waals surface area contributed by atoms with Crippen molar-refractivity contribution in [1.29, 1.82) is 0 Å². The highest BCUT2D eigenvalue weighted by molar-refractivity contribution is 6.25. The molecule has 3 nitrogen and oxygen atoms in total. The maximum absolute atomic E-state index is 5.18. The molecule has 0 atom stereocenters. The summed E-state index contributed by atoms with van der Waals surface area (Å²) >= 11 is 0. The molecular formula is C35H23N3. The first kappa shape index (κ1) is 21.0. The Morgan fingerprint density at radius 3 is 2.13 bits per heavy atom. The Morgan fingerprint density at radius 1 is 0.500 bits per heavy atom. The summed E-state index contributed by atoms with van der Waals surface area (Å²) in [7, 11) is 0. The predicted molar refractivity (Wildman–Crippen MR) is 158 cm³/mol. The molecule has 0 aliphatic rings. The zero-order chi connectivity index (χ0) is 25.1. The fourth-order valence-electron chi connectivity index (χ4n) is 5.86. The summed E-state index contributed by atoms with van der Waals surface area (Å²) in [5.41, 5.74) is 6.78. The molecule has 0 unspecified atom stereocenters. The van der Waals surface area contributed by atoms with Gasteiger partial charge >= 0.3 is 0 Å². The molecule has 8 rings (SSSR count). The number of benzene rings is 5. The summed E-state index contributed by atoms with van der Waals surface area (Å²) in [5.74, 6) is 0.921. The Balaban J connectivity index is 1.50. The summed E-state index contributed by atoms with van der Waals surface area (Å²) < 4.78 is 4.62. The van der Waals surface area contributed by atoms with Crippen molar-refractivity contribution in [3.05, 3.63) is 140 Å². The predicted octanol–water partition coefficient (Wildman–Crippen LogP) is 8.94.